The Bertz CT molecular complexity index is 312. The van der Waals surface area contributed by atoms with E-state index in [1.54, 1.807) is 0 Å². The normalized spacial score (nSPS) is 12.5. The molecule has 0 aliphatic carbocycles. The van der Waals surface area contributed by atoms with Crippen LogP contribution in [0.4, 0.5) is 11.4 Å². The molecule has 0 heterocycles. The Hall–Kier alpha value is -1.22. The Labute approximate surface area is 91.3 Å². The molecule has 0 amide bonds. The van der Waals surface area contributed by atoms with E-state index < -0.39 is 0 Å². The molecule has 84 valence electrons. The lowest BCUT2D eigenvalue weighted by molar-refractivity contribution is 0.176. The van der Waals surface area contributed by atoms with Gasteiger partial charge in [0.15, 0.2) is 0 Å². The van der Waals surface area contributed by atoms with E-state index >= 15 is 0 Å². The summed E-state index contributed by atoms with van der Waals surface area (Å²) in [5, 5.41) is 12.7. The van der Waals surface area contributed by atoms with Gasteiger partial charge in [0.25, 0.3) is 0 Å². The third-order valence-electron chi connectivity index (χ3n) is 2.44. The van der Waals surface area contributed by atoms with Crippen molar-refractivity contribution in [3.8, 4) is 0 Å². The fourth-order valence-corrected chi connectivity index (χ4v) is 1.42. The zero-order valence-corrected chi connectivity index (χ0v) is 9.46. The number of aliphatic hydroxyl groups is 1. The maximum absolute atomic E-state index is 9.54. The lowest BCUT2D eigenvalue weighted by atomic mass is 10.1. The van der Waals surface area contributed by atoms with Crippen LogP contribution in [0.2, 0.25) is 0 Å². The highest BCUT2D eigenvalue weighted by Gasteiger charge is 2.02. The summed E-state index contributed by atoms with van der Waals surface area (Å²) in [6.07, 6.45) is 1.55. The first-order chi connectivity index (χ1) is 7.13. The van der Waals surface area contributed by atoms with Crippen molar-refractivity contribution in [1.82, 2.24) is 0 Å². The van der Waals surface area contributed by atoms with E-state index in [0.29, 0.717) is 6.54 Å². The van der Waals surface area contributed by atoms with Crippen LogP contribution in [-0.2, 0) is 0 Å². The Morgan fingerprint density at radius 3 is 2.80 bits per heavy atom. The zero-order valence-electron chi connectivity index (χ0n) is 9.46. The van der Waals surface area contributed by atoms with Crippen LogP contribution < -0.4 is 11.1 Å². The van der Waals surface area contributed by atoms with Crippen LogP contribution >= 0.6 is 0 Å². The average Bonchev–Trinajstić information content (AvgIpc) is 2.20. The number of benzene rings is 1. The molecule has 0 aliphatic heterocycles. The molecule has 3 nitrogen and oxygen atoms in total. The Morgan fingerprint density at radius 1 is 1.47 bits per heavy atom. The van der Waals surface area contributed by atoms with Crippen molar-refractivity contribution >= 4 is 11.4 Å². The van der Waals surface area contributed by atoms with Crippen molar-refractivity contribution in [3.05, 3.63) is 23.8 Å². The van der Waals surface area contributed by atoms with Gasteiger partial charge in [0.1, 0.15) is 0 Å². The molecule has 0 spiro atoms. The van der Waals surface area contributed by atoms with E-state index in [-0.39, 0.29) is 6.10 Å². The Morgan fingerprint density at radius 2 is 2.20 bits per heavy atom. The molecule has 3 heteroatoms. The van der Waals surface area contributed by atoms with Crippen molar-refractivity contribution in [2.24, 2.45) is 0 Å². The summed E-state index contributed by atoms with van der Waals surface area (Å²) >= 11 is 0. The minimum atomic E-state index is -0.280. The highest BCUT2D eigenvalue weighted by Crippen LogP contribution is 2.16. The molecule has 4 N–H and O–H groups in total. The van der Waals surface area contributed by atoms with Crippen molar-refractivity contribution in [1.29, 1.82) is 0 Å². The van der Waals surface area contributed by atoms with Gasteiger partial charge in [0.05, 0.1) is 6.10 Å². The smallest absolute Gasteiger partial charge is 0.0712 e. The van der Waals surface area contributed by atoms with Gasteiger partial charge in [-0.2, -0.15) is 0 Å². The molecule has 1 aromatic rings. The molecule has 1 atom stereocenters. The van der Waals surface area contributed by atoms with Crippen molar-refractivity contribution in [2.75, 3.05) is 17.6 Å². The monoisotopic (exact) mass is 208 g/mol. The fraction of sp³-hybridized carbons (Fsp3) is 0.500. The number of nitrogens with one attached hydrogen (secondary N) is 1. The maximum atomic E-state index is 9.54. The zero-order chi connectivity index (χ0) is 11.3. The molecule has 1 unspecified atom stereocenters. The number of anilines is 2. The molecule has 0 fully saturated rings. The molecule has 15 heavy (non-hydrogen) atoms. The van der Waals surface area contributed by atoms with Crippen LogP contribution in [0.3, 0.4) is 0 Å². The van der Waals surface area contributed by atoms with Gasteiger partial charge in [-0.25, -0.2) is 0 Å². The Balaban J connectivity index is 2.47. The summed E-state index contributed by atoms with van der Waals surface area (Å²) in [6, 6.07) is 5.85. The third-order valence-corrected chi connectivity index (χ3v) is 2.44. The first-order valence-corrected chi connectivity index (χ1v) is 5.41. The van der Waals surface area contributed by atoms with Gasteiger partial charge in [0, 0.05) is 17.9 Å². The molecular formula is C12H20N2O. The summed E-state index contributed by atoms with van der Waals surface area (Å²) in [6.45, 7) is 4.62. The van der Waals surface area contributed by atoms with Crippen LogP contribution in [-0.4, -0.2) is 17.8 Å². The molecule has 0 saturated heterocycles. The molecule has 0 saturated carbocycles. The van der Waals surface area contributed by atoms with Gasteiger partial charge in [-0.1, -0.05) is 19.4 Å². The van der Waals surface area contributed by atoms with Crippen LogP contribution in [0, 0.1) is 6.92 Å². The highest BCUT2D eigenvalue weighted by molar-refractivity contribution is 5.58. The fourth-order valence-electron chi connectivity index (χ4n) is 1.42. The minimum Gasteiger partial charge on any atom is -0.398 e. The first-order valence-electron chi connectivity index (χ1n) is 5.41. The van der Waals surface area contributed by atoms with Crippen LogP contribution in [0.1, 0.15) is 25.3 Å². The van der Waals surface area contributed by atoms with E-state index in [9.17, 15) is 5.11 Å². The number of aliphatic hydroxyl groups excluding tert-OH is 1. The van der Waals surface area contributed by atoms with E-state index in [2.05, 4.69) is 12.2 Å². The van der Waals surface area contributed by atoms with Gasteiger partial charge in [-0.3, -0.25) is 0 Å². The lowest BCUT2D eigenvalue weighted by Gasteiger charge is -2.12. The summed E-state index contributed by atoms with van der Waals surface area (Å²) in [7, 11) is 0. The van der Waals surface area contributed by atoms with E-state index in [1.165, 1.54) is 0 Å². The summed E-state index contributed by atoms with van der Waals surface area (Å²) in [4.78, 5) is 0. The first kappa shape index (κ1) is 11.9. The van der Waals surface area contributed by atoms with E-state index in [1.807, 2.05) is 25.1 Å². The molecule has 0 radical (unpaired) electrons. The molecular weight excluding hydrogens is 188 g/mol. The average molecular weight is 208 g/mol. The summed E-state index contributed by atoms with van der Waals surface area (Å²) in [5.41, 5.74) is 8.61. The number of nitrogens with two attached hydrogens (primary N) is 1. The van der Waals surface area contributed by atoms with Crippen molar-refractivity contribution < 1.29 is 5.11 Å². The predicted octanol–water partition coefficient (Wildman–Crippen LogP) is 2.15. The van der Waals surface area contributed by atoms with E-state index in [0.717, 1.165) is 29.8 Å². The molecule has 0 aromatic heterocycles. The van der Waals surface area contributed by atoms with Crippen LogP contribution in [0.25, 0.3) is 0 Å². The van der Waals surface area contributed by atoms with Gasteiger partial charge >= 0.3 is 0 Å². The second kappa shape index (κ2) is 5.61. The van der Waals surface area contributed by atoms with Gasteiger partial charge in [-0.15, -0.1) is 0 Å². The number of nitrogen functional groups attached to an aromatic ring is 1. The second-order valence-electron chi connectivity index (χ2n) is 3.89. The topological polar surface area (TPSA) is 58.3 Å². The lowest BCUT2D eigenvalue weighted by Crippen LogP contribution is -2.19. The van der Waals surface area contributed by atoms with Gasteiger partial charge < -0.3 is 16.2 Å². The highest BCUT2D eigenvalue weighted by atomic mass is 16.3. The molecule has 1 rings (SSSR count). The van der Waals surface area contributed by atoms with Crippen LogP contribution in [0.5, 0.6) is 0 Å². The number of hydrogen-bond donors (Lipinski definition) is 3. The van der Waals surface area contributed by atoms with Gasteiger partial charge in [-0.05, 0) is 31.0 Å². The summed E-state index contributed by atoms with van der Waals surface area (Å²) in [5.74, 6) is 0. The molecule has 0 bridgehead atoms. The van der Waals surface area contributed by atoms with E-state index in [4.69, 9.17) is 5.73 Å². The largest absolute Gasteiger partial charge is 0.398 e. The van der Waals surface area contributed by atoms with Crippen molar-refractivity contribution in [2.45, 2.75) is 32.8 Å². The molecule has 1 aromatic carbocycles. The predicted molar refractivity (Wildman–Crippen MR) is 65.0 cm³/mol. The molecule has 0 aliphatic rings. The number of hydrogen-bond acceptors (Lipinski definition) is 3. The quantitative estimate of drug-likeness (QED) is 0.650. The number of rotatable bonds is 5. The third kappa shape index (κ3) is 3.80. The standard InChI is InChI=1S/C12H20N2O/c1-3-4-11(15)8-14-10-6-5-9(2)12(13)7-10/h5-7,11,14-15H,3-4,8,13H2,1-2H3. The van der Waals surface area contributed by atoms with Gasteiger partial charge in [0.2, 0.25) is 0 Å². The Kier molecular flexibility index (Phi) is 4.43. The number of aryl methyl sites for hydroxylation is 1. The maximum Gasteiger partial charge on any atom is 0.0712 e. The SMILES string of the molecule is CCCC(O)CNc1ccc(C)c(N)c1. The van der Waals surface area contributed by atoms with Crippen LogP contribution in [0.15, 0.2) is 18.2 Å². The minimum absolute atomic E-state index is 0.280. The second-order valence-corrected chi connectivity index (χ2v) is 3.89. The summed E-state index contributed by atoms with van der Waals surface area (Å²) < 4.78 is 0. The van der Waals surface area contributed by atoms with Crippen molar-refractivity contribution in [3.63, 3.8) is 0 Å².